The molecule has 1 aliphatic heterocycles. The minimum Gasteiger partial charge on any atom is -0.507 e. The lowest BCUT2D eigenvalue weighted by Gasteiger charge is -2.31. The van der Waals surface area contributed by atoms with Crippen LogP contribution in [0.3, 0.4) is 0 Å². The van der Waals surface area contributed by atoms with Gasteiger partial charge in [0, 0.05) is 25.2 Å². The van der Waals surface area contributed by atoms with Gasteiger partial charge in [0.05, 0.1) is 5.56 Å². The number of amides is 1. The first kappa shape index (κ1) is 19.5. The molecule has 3 aromatic carbocycles. The number of nitrogens with one attached hydrogen (secondary N) is 1. The Morgan fingerprint density at radius 3 is 2.69 bits per heavy atom. The van der Waals surface area contributed by atoms with Crippen molar-refractivity contribution in [3.05, 3.63) is 77.4 Å². The summed E-state index contributed by atoms with van der Waals surface area (Å²) < 4.78 is 0. The van der Waals surface area contributed by atoms with Gasteiger partial charge in [-0.1, -0.05) is 61.5 Å². The van der Waals surface area contributed by atoms with Crippen molar-refractivity contribution in [2.75, 3.05) is 13.1 Å². The molecule has 0 unspecified atom stereocenters. The van der Waals surface area contributed by atoms with Gasteiger partial charge in [-0.15, -0.1) is 0 Å². The summed E-state index contributed by atoms with van der Waals surface area (Å²) in [7, 11) is 0. The molecule has 4 nitrogen and oxygen atoms in total. The number of benzene rings is 3. The molecular formula is C25H28N2O2. The zero-order valence-electron chi connectivity index (χ0n) is 16.9. The molecule has 3 aromatic rings. The summed E-state index contributed by atoms with van der Waals surface area (Å²) in [6.45, 7) is 5.43. The lowest BCUT2D eigenvalue weighted by atomic mass is 9.96. The molecule has 2 N–H and O–H groups in total. The van der Waals surface area contributed by atoms with Gasteiger partial charge in [0.15, 0.2) is 0 Å². The average molecular weight is 389 g/mol. The highest BCUT2D eigenvalue weighted by atomic mass is 16.3. The van der Waals surface area contributed by atoms with Gasteiger partial charge in [0.2, 0.25) is 0 Å². The first-order chi connectivity index (χ1) is 14.1. The predicted molar refractivity (Wildman–Crippen MR) is 117 cm³/mol. The Morgan fingerprint density at radius 2 is 1.90 bits per heavy atom. The molecule has 150 valence electrons. The van der Waals surface area contributed by atoms with E-state index in [-0.39, 0.29) is 11.7 Å². The van der Waals surface area contributed by atoms with Gasteiger partial charge in [0.1, 0.15) is 5.75 Å². The Morgan fingerprint density at radius 1 is 1.14 bits per heavy atom. The lowest BCUT2D eigenvalue weighted by Crippen LogP contribution is -2.34. The minimum absolute atomic E-state index is 0.104. The monoisotopic (exact) mass is 388 g/mol. The van der Waals surface area contributed by atoms with E-state index in [0.29, 0.717) is 24.6 Å². The third kappa shape index (κ3) is 4.43. The van der Waals surface area contributed by atoms with Crippen LogP contribution in [-0.4, -0.2) is 29.0 Å². The number of rotatable bonds is 5. The van der Waals surface area contributed by atoms with E-state index >= 15 is 0 Å². The molecule has 1 saturated heterocycles. The Bertz CT molecular complexity index is 1000. The van der Waals surface area contributed by atoms with Crippen LogP contribution < -0.4 is 5.32 Å². The summed E-state index contributed by atoms with van der Waals surface area (Å²) in [6, 6.07) is 19.6. The van der Waals surface area contributed by atoms with E-state index in [9.17, 15) is 9.90 Å². The summed E-state index contributed by atoms with van der Waals surface area (Å²) >= 11 is 0. The van der Waals surface area contributed by atoms with Gasteiger partial charge in [0.25, 0.3) is 5.91 Å². The van der Waals surface area contributed by atoms with Crippen LogP contribution in [0.5, 0.6) is 5.75 Å². The van der Waals surface area contributed by atoms with Gasteiger partial charge in [-0.05, 0) is 47.7 Å². The van der Waals surface area contributed by atoms with E-state index in [4.69, 9.17) is 0 Å². The highest BCUT2D eigenvalue weighted by Gasteiger charge is 2.22. The van der Waals surface area contributed by atoms with Crippen molar-refractivity contribution >= 4 is 16.7 Å². The third-order valence-corrected chi connectivity index (χ3v) is 5.79. The lowest BCUT2D eigenvalue weighted by molar-refractivity contribution is 0.0948. The molecule has 0 radical (unpaired) electrons. The maximum atomic E-state index is 12.9. The first-order valence-corrected chi connectivity index (χ1v) is 10.4. The van der Waals surface area contributed by atoms with Crippen LogP contribution in [0, 0.1) is 5.92 Å². The van der Waals surface area contributed by atoms with Gasteiger partial charge >= 0.3 is 0 Å². The van der Waals surface area contributed by atoms with E-state index in [1.54, 1.807) is 6.07 Å². The number of aromatic hydroxyl groups is 1. The van der Waals surface area contributed by atoms with Crippen LogP contribution in [0.4, 0.5) is 0 Å². The molecule has 1 fully saturated rings. The van der Waals surface area contributed by atoms with Crippen LogP contribution in [0.25, 0.3) is 10.8 Å². The van der Waals surface area contributed by atoms with Crippen molar-refractivity contribution < 1.29 is 9.90 Å². The maximum absolute atomic E-state index is 12.9. The number of likely N-dealkylation sites (tertiary alicyclic amines) is 1. The van der Waals surface area contributed by atoms with Crippen molar-refractivity contribution in [2.45, 2.75) is 32.9 Å². The second-order valence-corrected chi connectivity index (χ2v) is 8.12. The number of piperidine rings is 1. The highest BCUT2D eigenvalue weighted by Crippen LogP contribution is 2.33. The first-order valence-electron chi connectivity index (χ1n) is 10.4. The minimum atomic E-state index is -0.245. The number of phenols is 1. The molecule has 29 heavy (non-hydrogen) atoms. The molecule has 4 heteroatoms. The Balaban J connectivity index is 1.63. The largest absolute Gasteiger partial charge is 0.507 e. The van der Waals surface area contributed by atoms with E-state index in [2.05, 4.69) is 17.1 Å². The normalized spacial score (nSPS) is 17.3. The summed E-state index contributed by atoms with van der Waals surface area (Å²) in [5, 5.41) is 16.0. The quantitative estimate of drug-likeness (QED) is 0.666. The van der Waals surface area contributed by atoms with E-state index in [1.165, 1.54) is 12.8 Å². The fourth-order valence-corrected chi connectivity index (χ4v) is 4.27. The van der Waals surface area contributed by atoms with Crippen molar-refractivity contribution in [2.24, 2.45) is 5.92 Å². The van der Waals surface area contributed by atoms with Crippen LogP contribution >= 0.6 is 0 Å². The third-order valence-electron chi connectivity index (χ3n) is 5.79. The van der Waals surface area contributed by atoms with Crippen LogP contribution in [0.15, 0.2) is 60.7 Å². The molecule has 0 saturated carbocycles. The number of phenolic OH excluding ortho intramolecular Hbond substituents is 1. The number of hydrogen-bond donors (Lipinski definition) is 2. The van der Waals surface area contributed by atoms with Gasteiger partial charge in [-0.2, -0.15) is 0 Å². The molecule has 1 heterocycles. The molecule has 0 aliphatic carbocycles. The van der Waals surface area contributed by atoms with Crippen molar-refractivity contribution in [1.82, 2.24) is 10.2 Å². The average Bonchev–Trinajstić information content (AvgIpc) is 2.74. The molecule has 1 amide bonds. The van der Waals surface area contributed by atoms with E-state index < -0.39 is 0 Å². The number of fused-ring (bicyclic) bond motifs is 1. The molecular weight excluding hydrogens is 360 g/mol. The summed E-state index contributed by atoms with van der Waals surface area (Å²) in [4.78, 5) is 15.3. The fourth-order valence-electron chi connectivity index (χ4n) is 4.27. The summed E-state index contributed by atoms with van der Waals surface area (Å²) in [6.07, 6.45) is 2.43. The smallest absolute Gasteiger partial charge is 0.255 e. The molecule has 0 aromatic heterocycles. The van der Waals surface area contributed by atoms with E-state index in [0.717, 1.165) is 35.0 Å². The molecule has 1 atom stereocenters. The molecule has 1 aliphatic rings. The fraction of sp³-hybridized carbons (Fsp3) is 0.320. The maximum Gasteiger partial charge on any atom is 0.255 e. The number of carbonyl (C=O) groups excluding carboxylic acids is 1. The Hall–Kier alpha value is -2.85. The Kier molecular flexibility index (Phi) is 5.81. The summed E-state index contributed by atoms with van der Waals surface area (Å²) in [5.41, 5.74) is 2.23. The zero-order valence-corrected chi connectivity index (χ0v) is 16.9. The van der Waals surface area contributed by atoms with Crippen molar-refractivity contribution in [1.29, 1.82) is 0 Å². The number of nitrogens with zero attached hydrogens (tertiary/aromatic N) is 1. The molecule has 0 bridgehead atoms. The van der Waals surface area contributed by atoms with Crippen LogP contribution in [-0.2, 0) is 13.1 Å². The Labute approximate surface area is 172 Å². The second kappa shape index (κ2) is 8.66. The van der Waals surface area contributed by atoms with E-state index in [1.807, 2.05) is 54.6 Å². The highest BCUT2D eigenvalue weighted by molar-refractivity contribution is 6.03. The van der Waals surface area contributed by atoms with Crippen molar-refractivity contribution in [3.8, 4) is 5.75 Å². The summed E-state index contributed by atoms with van der Waals surface area (Å²) in [5.74, 6) is 0.521. The number of hydrogen-bond acceptors (Lipinski definition) is 3. The van der Waals surface area contributed by atoms with Crippen molar-refractivity contribution in [3.63, 3.8) is 0 Å². The van der Waals surface area contributed by atoms with Gasteiger partial charge < -0.3 is 10.4 Å². The molecule has 0 spiro atoms. The van der Waals surface area contributed by atoms with Gasteiger partial charge in [-0.3, -0.25) is 9.69 Å². The topological polar surface area (TPSA) is 52.6 Å². The second-order valence-electron chi connectivity index (χ2n) is 8.12. The van der Waals surface area contributed by atoms with Crippen LogP contribution in [0.1, 0.15) is 41.3 Å². The standard InChI is InChI=1S/C25H28N2O2/c1-18-8-7-13-27(16-18)17-23-21-12-6-5-11-20(21)14-22(24(23)28)25(29)26-15-19-9-3-2-4-10-19/h2-6,9-12,14,18,28H,7-8,13,15-17H2,1H3,(H,26,29)/t18-/m0/s1. The van der Waals surface area contributed by atoms with Crippen LogP contribution in [0.2, 0.25) is 0 Å². The number of carbonyl (C=O) groups is 1. The SMILES string of the molecule is C[C@H]1CCCN(Cc2c(O)c(C(=O)NCc3ccccc3)cc3ccccc23)C1. The predicted octanol–water partition coefficient (Wildman–Crippen LogP) is 4.71. The molecule has 4 rings (SSSR count). The zero-order chi connectivity index (χ0) is 20.2. The van der Waals surface area contributed by atoms with Gasteiger partial charge in [-0.25, -0.2) is 0 Å².